The van der Waals surface area contributed by atoms with Crippen LogP contribution in [0.25, 0.3) is 0 Å². The van der Waals surface area contributed by atoms with Gasteiger partial charge in [0.1, 0.15) is 0 Å². The molecule has 2 aromatic carbocycles. The van der Waals surface area contributed by atoms with Crippen molar-refractivity contribution in [3.05, 3.63) is 60.2 Å². The van der Waals surface area contributed by atoms with E-state index in [1.54, 1.807) is 0 Å². The van der Waals surface area contributed by atoms with Crippen LogP contribution in [0.3, 0.4) is 0 Å². The topological polar surface area (TPSA) is 118 Å². The van der Waals surface area contributed by atoms with Crippen molar-refractivity contribution in [2.45, 2.75) is 37.6 Å². The van der Waals surface area contributed by atoms with Gasteiger partial charge in [0.25, 0.3) is 0 Å². The molecule has 6 N–H and O–H groups in total. The highest BCUT2D eigenvalue weighted by molar-refractivity contribution is 5.81. The second kappa shape index (κ2) is 8.82. The summed E-state index contributed by atoms with van der Waals surface area (Å²) < 4.78 is 0. The quantitative estimate of drug-likeness (QED) is 0.386. The number of rotatable bonds is 5. The van der Waals surface area contributed by atoms with Crippen molar-refractivity contribution in [2.24, 2.45) is 17.3 Å². The molecule has 9 nitrogen and oxygen atoms in total. The highest BCUT2D eigenvalue weighted by Gasteiger charge is 2.58. The molecule has 1 saturated carbocycles. The lowest BCUT2D eigenvalue weighted by Gasteiger charge is -2.46. The molecule has 1 amide bonds. The molecule has 184 valence electrons. The second-order valence-corrected chi connectivity index (χ2v) is 10.3. The predicted octanol–water partition coefficient (Wildman–Crippen LogP) is 1.63. The van der Waals surface area contributed by atoms with Crippen molar-refractivity contribution in [1.82, 2.24) is 21.5 Å². The fraction of sp³-hybridized carbons (Fsp3) is 0.462. The van der Waals surface area contributed by atoms with Gasteiger partial charge in [-0.25, -0.2) is 5.43 Å². The van der Waals surface area contributed by atoms with Crippen molar-refractivity contribution >= 4 is 23.3 Å². The Hall–Kier alpha value is -3.14. The Morgan fingerprint density at radius 3 is 2.46 bits per heavy atom. The number of amides is 1. The number of carboxylic acids is 1. The highest BCUT2D eigenvalue weighted by atomic mass is 16.4. The van der Waals surface area contributed by atoms with Crippen LogP contribution in [-0.2, 0) is 9.59 Å². The van der Waals surface area contributed by atoms with Gasteiger partial charge in [-0.1, -0.05) is 30.3 Å². The Balaban J connectivity index is 1.14. The minimum absolute atomic E-state index is 0.00953. The number of hydrogen-bond acceptors (Lipinski definition) is 7. The number of fused-ring (bicyclic) bond motifs is 1. The normalized spacial score (nSPS) is 31.4. The Kier molecular flexibility index (Phi) is 5.63. The number of anilines is 2. The van der Waals surface area contributed by atoms with Crippen LogP contribution in [-0.4, -0.2) is 48.8 Å². The van der Waals surface area contributed by atoms with Gasteiger partial charge < -0.3 is 15.3 Å². The minimum Gasteiger partial charge on any atom is -0.481 e. The molecule has 0 radical (unpaired) electrons. The van der Waals surface area contributed by atoms with E-state index < -0.39 is 5.97 Å². The van der Waals surface area contributed by atoms with Crippen LogP contribution >= 0.6 is 0 Å². The molecule has 4 aliphatic rings. The molecule has 0 bridgehead atoms. The van der Waals surface area contributed by atoms with Crippen molar-refractivity contribution in [3.63, 3.8) is 0 Å². The average molecular weight is 477 g/mol. The number of aliphatic carboxylic acids is 1. The summed E-state index contributed by atoms with van der Waals surface area (Å²) in [6.07, 6.45) is 2.40. The summed E-state index contributed by atoms with van der Waals surface area (Å²) >= 11 is 0. The molecule has 5 unspecified atom stereocenters. The zero-order chi connectivity index (χ0) is 24.0. The maximum Gasteiger partial charge on any atom is 0.307 e. The van der Waals surface area contributed by atoms with Gasteiger partial charge in [0.2, 0.25) is 5.91 Å². The van der Waals surface area contributed by atoms with Crippen LogP contribution in [0.4, 0.5) is 11.4 Å². The summed E-state index contributed by atoms with van der Waals surface area (Å²) in [6.45, 7) is 2.43. The number of hydrogen-bond donors (Lipinski definition) is 6. The summed E-state index contributed by atoms with van der Waals surface area (Å²) in [4.78, 5) is 26.4. The summed E-state index contributed by atoms with van der Waals surface area (Å²) in [5.41, 5.74) is 9.03. The number of piperidine rings is 1. The van der Waals surface area contributed by atoms with Crippen molar-refractivity contribution in [3.8, 4) is 0 Å². The van der Waals surface area contributed by atoms with Crippen LogP contribution in [0.5, 0.6) is 0 Å². The molecule has 5 atom stereocenters. The first-order valence-electron chi connectivity index (χ1n) is 12.5. The monoisotopic (exact) mass is 476 g/mol. The molecule has 1 spiro atoms. The number of nitrogens with one attached hydrogen (secondary N) is 5. The van der Waals surface area contributed by atoms with Gasteiger partial charge in [-0.15, -0.1) is 0 Å². The van der Waals surface area contributed by atoms with Gasteiger partial charge in [0.15, 0.2) is 0 Å². The smallest absolute Gasteiger partial charge is 0.307 e. The van der Waals surface area contributed by atoms with Gasteiger partial charge in [-0.05, 0) is 54.5 Å². The Labute approximate surface area is 204 Å². The number of nitrogens with zero attached hydrogens (tertiary/aromatic N) is 1. The Bertz CT molecular complexity index is 1090. The van der Waals surface area contributed by atoms with E-state index >= 15 is 0 Å². The summed E-state index contributed by atoms with van der Waals surface area (Å²) in [5, 5.41) is 20.0. The fourth-order valence-corrected chi connectivity index (χ4v) is 6.11. The number of benzene rings is 2. The molecular formula is C26H32N6O3. The largest absolute Gasteiger partial charge is 0.481 e. The first kappa shape index (κ1) is 22.3. The van der Waals surface area contributed by atoms with E-state index in [-0.39, 0.29) is 41.5 Å². The minimum atomic E-state index is -0.639. The van der Waals surface area contributed by atoms with Crippen LogP contribution in [0.15, 0.2) is 54.6 Å². The Morgan fingerprint density at radius 2 is 1.77 bits per heavy atom. The first-order valence-corrected chi connectivity index (χ1v) is 12.5. The maximum absolute atomic E-state index is 12.7. The SMILES string of the molecule is O=C1NNCC2NC(c3ccccc3)NC(Nc3ccc(N4CCC5(CC4)CC5C(=O)O)cc3)C12. The first-order chi connectivity index (χ1) is 17.0. The van der Waals surface area contributed by atoms with Crippen LogP contribution in [0.1, 0.15) is 31.0 Å². The molecule has 0 aromatic heterocycles. The number of carbonyl (C=O) groups is 2. The third kappa shape index (κ3) is 4.24. The highest BCUT2D eigenvalue weighted by Crippen LogP contribution is 2.59. The lowest BCUT2D eigenvalue weighted by Crippen LogP contribution is -2.71. The van der Waals surface area contributed by atoms with E-state index in [1.165, 1.54) is 0 Å². The van der Waals surface area contributed by atoms with E-state index in [9.17, 15) is 14.7 Å². The van der Waals surface area contributed by atoms with Gasteiger partial charge in [0.05, 0.1) is 24.2 Å². The van der Waals surface area contributed by atoms with Crippen molar-refractivity contribution < 1.29 is 14.7 Å². The Morgan fingerprint density at radius 1 is 1.03 bits per heavy atom. The third-order valence-electron chi connectivity index (χ3n) is 8.29. The summed E-state index contributed by atoms with van der Waals surface area (Å²) in [6, 6.07) is 18.5. The zero-order valence-corrected chi connectivity index (χ0v) is 19.5. The van der Waals surface area contributed by atoms with Crippen LogP contribution in [0, 0.1) is 17.3 Å². The maximum atomic E-state index is 12.7. The zero-order valence-electron chi connectivity index (χ0n) is 19.5. The fourth-order valence-electron chi connectivity index (χ4n) is 6.11. The molecule has 6 rings (SSSR count). The van der Waals surface area contributed by atoms with Gasteiger partial charge in [-0.2, -0.15) is 0 Å². The van der Waals surface area contributed by atoms with Gasteiger partial charge in [-0.3, -0.25) is 25.6 Å². The molecule has 9 heteroatoms. The number of carbonyl (C=O) groups excluding carboxylic acids is 1. The number of hydrazine groups is 1. The van der Waals surface area contributed by atoms with E-state index in [1.807, 2.05) is 18.2 Å². The number of carboxylic acid groups (broad SMARTS) is 1. The molecule has 2 aromatic rings. The van der Waals surface area contributed by atoms with Crippen LogP contribution < -0.4 is 31.7 Å². The third-order valence-corrected chi connectivity index (χ3v) is 8.29. The summed E-state index contributed by atoms with van der Waals surface area (Å²) in [5.74, 6) is -1.09. The van der Waals surface area contributed by atoms with E-state index in [0.717, 1.165) is 49.3 Å². The predicted molar refractivity (Wildman–Crippen MR) is 132 cm³/mol. The van der Waals surface area contributed by atoms with E-state index in [4.69, 9.17) is 0 Å². The molecular weight excluding hydrogens is 444 g/mol. The lowest BCUT2D eigenvalue weighted by atomic mass is 9.89. The lowest BCUT2D eigenvalue weighted by molar-refractivity contribution is -0.139. The summed E-state index contributed by atoms with van der Waals surface area (Å²) in [7, 11) is 0. The average Bonchev–Trinajstić information content (AvgIpc) is 3.59. The molecule has 3 aliphatic heterocycles. The second-order valence-electron chi connectivity index (χ2n) is 10.3. The van der Waals surface area contributed by atoms with Crippen LogP contribution in [0.2, 0.25) is 0 Å². The van der Waals surface area contributed by atoms with Crippen molar-refractivity contribution in [2.75, 3.05) is 29.9 Å². The molecule has 3 saturated heterocycles. The van der Waals surface area contributed by atoms with E-state index in [2.05, 4.69) is 68.1 Å². The molecule has 1 aliphatic carbocycles. The van der Waals surface area contributed by atoms with Crippen molar-refractivity contribution in [1.29, 1.82) is 0 Å². The molecule has 4 fully saturated rings. The van der Waals surface area contributed by atoms with Gasteiger partial charge >= 0.3 is 5.97 Å². The van der Waals surface area contributed by atoms with E-state index in [0.29, 0.717) is 6.54 Å². The molecule has 35 heavy (non-hydrogen) atoms. The van der Waals surface area contributed by atoms with Gasteiger partial charge in [0, 0.05) is 37.1 Å². The standard InChI is InChI=1S/C26H32N6O3/c33-24-21-20(15-27-31-24)29-22(16-4-2-1-3-5-16)30-23(21)28-17-6-8-18(9-7-17)32-12-10-26(11-13-32)14-19(26)25(34)35/h1-9,19-23,27-30H,10-15H2,(H,31,33)(H,34,35). The molecule has 3 heterocycles.